The van der Waals surface area contributed by atoms with Gasteiger partial charge < -0.3 is 0 Å². The van der Waals surface area contributed by atoms with E-state index >= 15 is 0 Å². The minimum Gasteiger partial charge on any atom is -0.0622 e. The zero-order valence-electron chi connectivity index (χ0n) is 50.6. The molecule has 0 radical (unpaired) electrons. The molecule has 428 valence electrons. The molecule has 0 aromatic heterocycles. The molecular weight excluding hydrogens is 1110 g/mol. The third-order valence-corrected chi connectivity index (χ3v) is 18.9. The van der Waals surface area contributed by atoms with E-state index in [-0.39, 0.29) is 0 Å². The molecule has 18 aromatic carbocycles. The zero-order valence-corrected chi connectivity index (χ0v) is 50.6. The standard InChI is InChI=1S/C48H32.C44H28/c1-3-12-33(13-4-1)34-24-28-39(29-25-34)47-43-19-9-10-20-44(43)48(38-15-5-2-6-16-38)46-32-40(30-31-45(46)47)35-22-26-37(27-23-35)42-21-11-17-36-14-7-8-18-41(36)42;1-2-14-32-27-34(24-23-29(32)11-1)43-39-19-7-8-20-40(39)44(38-22-10-16-31-13-4-6-18-36(31)38)42-28-33(25-26-41(42)43)37-21-9-15-30-12-3-5-17-35(30)37/h1-32H;1-28H. The summed E-state index contributed by atoms with van der Waals surface area (Å²) in [4.78, 5) is 0. The average Bonchev–Trinajstić information content (AvgIpc) is 0.748. The highest BCUT2D eigenvalue weighted by molar-refractivity contribution is 6.25. The van der Waals surface area contributed by atoms with E-state index in [9.17, 15) is 0 Å². The number of benzene rings is 18. The fourth-order valence-electron chi connectivity index (χ4n) is 14.6. The summed E-state index contributed by atoms with van der Waals surface area (Å²) in [5, 5.41) is 20.3. The second-order valence-corrected chi connectivity index (χ2v) is 24.1. The van der Waals surface area contributed by atoms with E-state index in [2.05, 4.69) is 364 Å². The molecule has 0 aliphatic rings. The Morgan fingerprint density at radius 1 is 0.109 bits per heavy atom. The fourth-order valence-corrected chi connectivity index (χ4v) is 14.6. The van der Waals surface area contributed by atoms with Gasteiger partial charge in [-0.1, -0.05) is 346 Å². The summed E-state index contributed by atoms with van der Waals surface area (Å²) in [6, 6.07) is 133. The summed E-state index contributed by atoms with van der Waals surface area (Å²) in [6.07, 6.45) is 0. The van der Waals surface area contributed by atoms with Gasteiger partial charge in [0.1, 0.15) is 0 Å². The highest BCUT2D eigenvalue weighted by Gasteiger charge is 2.21. The molecule has 0 fully saturated rings. The molecule has 0 heteroatoms. The molecule has 0 bridgehead atoms. The van der Waals surface area contributed by atoms with Crippen LogP contribution in [0.15, 0.2) is 364 Å². The van der Waals surface area contributed by atoms with Crippen molar-refractivity contribution in [3.63, 3.8) is 0 Å². The van der Waals surface area contributed by atoms with Gasteiger partial charge in [-0.2, -0.15) is 0 Å². The summed E-state index contributed by atoms with van der Waals surface area (Å²) < 4.78 is 0. The molecule has 0 heterocycles. The van der Waals surface area contributed by atoms with Gasteiger partial charge in [-0.15, -0.1) is 0 Å². The van der Waals surface area contributed by atoms with Crippen molar-refractivity contribution in [2.45, 2.75) is 0 Å². The highest BCUT2D eigenvalue weighted by atomic mass is 14.2. The lowest BCUT2D eigenvalue weighted by Gasteiger charge is -2.20. The van der Waals surface area contributed by atoms with Crippen molar-refractivity contribution in [3.8, 4) is 89.0 Å². The Bertz CT molecular complexity index is 5820. The van der Waals surface area contributed by atoms with Crippen molar-refractivity contribution in [1.82, 2.24) is 0 Å². The first-order valence-corrected chi connectivity index (χ1v) is 31.9. The summed E-state index contributed by atoms with van der Waals surface area (Å²) >= 11 is 0. The van der Waals surface area contributed by atoms with Gasteiger partial charge in [0.25, 0.3) is 0 Å². The first-order chi connectivity index (χ1) is 45.6. The largest absolute Gasteiger partial charge is 0.0622 e. The molecule has 0 N–H and O–H groups in total. The van der Waals surface area contributed by atoms with Gasteiger partial charge in [0.2, 0.25) is 0 Å². The first kappa shape index (κ1) is 54.2. The van der Waals surface area contributed by atoms with E-state index < -0.39 is 0 Å². The molecule has 0 aliphatic carbocycles. The van der Waals surface area contributed by atoms with Crippen LogP contribution in [0.1, 0.15) is 0 Å². The fraction of sp³-hybridized carbons (Fsp3) is 0. The van der Waals surface area contributed by atoms with Gasteiger partial charge >= 0.3 is 0 Å². The minimum atomic E-state index is 1.21. The van der Waals surface area contributed by atoms with E-state index in [1.165, 1.54) is 175 Å². The number of hydrogen-bond acceptors (Lipinski definition) is 0. The van der Waals surface area contributed by atoms with Crippen LogP contribution >= 0.6 is 0 Å². The van der Waals surface area contributed by atoms with Crippen LogP contribution in [0, 0.1) is 0 Å². The first-order valence-electron chi connectivity index (χ1n) is 31.9. The van der Waals surface area contributed by atoms with E-state index in [0.717, 1.165) is 0 Å². The van der Waals surface area contributed by atoms with Crippen molar-refractivity contribution in [1.29, 1.82) is 0 Å². The smallest absolute Gasteiger partial charge is 0.00199 e. The van der Waals surface area contributed by atoms with Crippen LogP contribution in [0.4, 0.5) is 0 Å². The summed E-state index contributed by atoms with van der Waals surface area (Å²) in [5.74, 6) is 0. The Labute approximate surface area is 535 Å². The van der Waals surface area contributed by atoms with Gasteiger partial charge in [-0.25, -0.2) is 0 Å². The van der Waals surface area contributed by atoms with Crippen molar-refractivity contribution >= 4 is 86.2 Å². The monoisotopic (exact) mass is 1160 g/mol. The third kappa shape index (κ3) is 9.65. The lowest BCUT2D eigenvalue weighted by atomic mass is 9.83. The molecule has 18 rings (SSSR count). The predicted molar refractivity (Wildman–Crippen MR) is 396 cm³/mol. The van der Waals surface area contributed by atoms with Crippen molar-refractivity contribution in [2.75, 3.05) is 0 Å². The van der Waals surface area contributed by atoms with Crippen LogP contribution in [0.5, 0.6) is 0 Å². The zero-order chi connectivity index (χ0) is 60.9. The molecule has 0 unspecified atom stereocenters. The second kappa shape index (κ2) is 23.2. The van der Waals surface area contributed by atoms with Crippen molar-refractivity contribution < 1.29 is 0 Å². The quantitative estimate of drug-likeness (QED) is 0.133. The number of fused-ring (bicyclic) bond motifs is 8. The minimum absolute atomic E-state index is 1.21. The van der Waals surface area contributed by atoms with Crippen molar-refractivity contribution in [3.05, 3.63) is 364 Å². The normalized spacial score (nSPS) is 11.5. The van der Waals surface area contributed by atoms with Crippen LogP contribution in [-0.4, -0.2) is 0 Å². The molecule has 0 saturated heterocycles. The number of rotatable bonds is 8. The van der Waals surface area contributed by atoms with Gasteiger partial charge in [-0.05, 0) is 193 Å². The Hall–Kier alpha value is -12.0. The van der Waals surface area contributed by atoms with E-state index in [4.69, 9.17) is 0 Å². The lowest BCUT2D eigenvalue weighted by Crippen LogP contribution is -1.93. The van der Waals surface area contributed by atoms with Crippen molar-refractivity contribution in [2.24, 2.45) is 0 Å². The van der Waals surface area contributed by atoms with Crippen LogP contribution in [0.25, 0.3) is 175 Å². The van der Waals surface area contributed by atoms with Gasteiger partial charge in [0.15, 0.2) is 0 Å². The Balaban J connectivity index is 0.000000141. The van der Waals surface area contributed by atoms with Crippen LogP contribution in [0.2, 0.25) is 0 Å². The van der Waals surface area contributed by atoms with Gasteiger partial charge in [-0.3, -0.25) is 0 Å². The maximum Gasteiger partial charge on any atom is -0.00199 e. The topological polar surface area (TPSA) is 0 Å². The summed E-state index contributed by atoms with van der Waals surface area (Å²) in [7, 11) is 0. The molecule has 0 nitrogen and oxygen atoms in total. The average molecular weight is 1170 g/mol. The van der Waals surface area contributed by atoms with E-state index in [1.54, 1.807) is 0 Å². The van der Waals surface area contributed by atoms with Crippen LogP contribution < -0.4 is 0 Å². The van der Waals surface area contributed by atoms with Gasteiger partial charge in [0, 0.05) is 0 Å². The summed E-state index contributed by atoms with van der Waals surface area (Å²) in [6.45, 7) is 0. The van der Waals surface area contributed by atoms with E-state index in [0.29, 0.717) is 0 Å². The van der Waals surface area contributed by atoms with Crippen LogP contribution in [0.3, 0.4) is 0 Å². The Kier molecular flexibility index (Phi) is 13.7. The Morgan fingerprint density at radius 3 is 0.978 bits per heavy atom. The molecule has 0 saturated carbocycles. The summed E-state index contributed by atoms with van der Waals surface area (Å²) in [5.41, 5.74) is 20.0. The molecular formula is C92H60. The second-order valence-electron chi connectivity index (χ2n) is 24.1. The highest BCUT2D eigenvalue weighted by Crippen LogP contribution is 2.49. The molecule has 92 heavy (non-hydrogen) atoms. The molecule has 0 spiro atoms. The lowest BCUT2D eigenvalue weighted by molar-refractivity contribution is 1.60. The molecule has 0 atom stereocenters. The Morgan fingerprint density at radius 2 is 0.413 bits per heavy atom. The third-order valence-electron chi connectivity index (χ3n) is 18.9. The van der Waals surface area contributed by atoms with Gasteiger partial charge in [0.05, 0.1) is 0 Å². The molecule has 0 aliphatic heterocycles. The number of hydrogen-bond donors (Lipinski definition) is 0. The van der Waals surface area contributed by atoms with E-state index in [1.807, 2.05) is 0 Å². The SMILES string of the molecule is c1ccc(-c2ccc(-c3c4ccccc4c(-c4ccccc4)c4cc(-c5ccc(-c6cccc7ccccc67)cc5)ccc34)cc2)cc1.c1ccc2cc(-c3c4ccccc4c(-c4cccc5ccccc45)c4cc(-c5cccc6ccccc56)ccc34)ccc2c1. The molecule has 0 amide bonds. The maximum absolute atomic E-state index is 2.44. The maximum atomic E-state index is 2.44. The predicted octanol–water partition coefficient (Wildman–Crippen LogP) is 25.9. The molecule has 18 aromatic rings. The van der Waals surface area contributed by atoms with Crippen LogP contribution in [-0.2, 0) is 0 Å².